The van der Waals surface area contributed by atoms with E-state index in [2.05, 4.69) is 21.1 Å². The lowest BCUT2D eigenvalue weighted by Crippen LogP contribution is -1.94. The van der Waals surface area contributed by atoms with Crippen molar-refractivity contribution in [1.82, 2.24) is 5.16 Å². The molecule has 0 spiro atoms. The van der Waals surface area contributed by atoms with Crippen LogP contribution in [-0.4, -0.2) is 16.2 Å². The Labute approximate surface area is 99.0 Å². The van der Waals surface area contributed by atoms with Crippen molar-refractivity contribution >= 4 is 27.6 Å². The van der Waals surface area contributed by atoms with Crippen LogP contribution >= 0.6 is 15.9 Å². The lowest BCUT2D eigenvalue weighted by Gasteiger charge is -1.99. The lowest BCUT2D eigenvalue weighted by atomic mass is 10.1. The number of hydrogen-bond acceptors (Lipinski definition) is 4. The summed E-state index contributed by atoms with van der Waals surface area (Å²) in [7, 11) is 0. The molecule has 1 aromatic carbocycles. The van der Waals surface area contributed by atoms with Crippen molar-refractivity contribution in [2.45, 2.75) is 0 Å². The van der Waals surface area contributed by atoms with Crippen LogP contribution in [0.5, 0.6) is 0 Å². The van der Waals surface area contributed by atoms with Crippen molar-refractivity contribution in [2.75, 3.05) is 5.73 Å². The van der Waals surface area contributed by atoms with Crippen LogP contribution in [0.1, 0.15) is 10.5 Å². The van der Waals surface area contributed by atoms with Crippen LogP contribution in [-0.2, 0) is 0 Å². The number of carbonyl (C=O) groups is 1. The second kappa shape index (κ2) is 3.97. The number of anilines is 1. The molecular formula is C10H7BrN2O3. The van der Waals surface area contributed by atoms with Gasteiger partial charge in [-0.05, 0) is 34.1 Å². The maximum Gasteiger partial charge on any atom is 0.358 e. The third kappa shape index (κ3) is 1.92. The van der Waals surface area contributed by atoms with E-state index in [0.29, 0.717) is 17.0 Å². The molecule has 1 heterocycles. The Bertz CT molecular complexity index is 551. The molecule has 0 aliphatic heterocycles. The van der Waals surface area contributed by atoms with E-state index in [4.69, 9.17) is 15.4 Å². The molecule has 1 aromatic heterocycles. The monoisotopic (exact) mass is 282 g/mol. The van der Waals surface area contributed by atoms with Gasteiger partial charge in [-0.25, -0.2) is 4.79 Å². The van der Waals surface area contributed by atoms with Crippen LogP contribution in [0.25, 0.3) is 11.3 Å². The number of hydrogen-bond donors (Lipinski definition) is 2. The van der Waals surface area contributed by atoms with Crippen LogP contribution in [0.4, 0.5) is 5.69 Å². The molecule has 82 valence electrons. The zero-order valence-corrected chi connectivity index (χ0v) is 9.56. The standard InChI is InChI=1S/C10H7BrN2O3/c11-6-2-1-5(3-7(6)12)9-4-8(10(14)15)13-16-9/h1-4H,12H2,(H,14,15). The Kier molecular flexibility index (Phi) is 2.66. The SMILES string of the molecule is Nc1cc(-c2cc(C(=O)O)no2)ccc1Br. The van der Waals surface area contributed by atoms with Crippen LogP contribution in [0.2, 0.25) is 0 Å². The molecule has 0 atom stereocenters. The molecule has 0 fully saturated rings. The fraction of sp³-hybridized carbons (Fsp3) is 0. The predicted octanol–water partition coefficient (Wildman–Crippen LogP) is 2.38. The maximum atomic E-state index is 10.6. The predicted molar refractivity (Wildman–Crippen MR) is 61.0 cm³/mol. The minimum Gasteiger partial charge on any atom is -0.476 e. The summed E-state index contributed by atoms with van der Waals surface area (Å²) in [4.78, 5) is 10.6. The van der Waals surface area contributed by atoms with Gasteiger partial charge < -0.3 is 15.4 Å². The van der Waals surface area contributed by atoms with Crippen LogP contribution in [0.3, 0.4) is 0 Å². The van der Waals surface area contributed by atoms with E-state index in [9.17, 15) is 4.79 Å². The van der Waals surface area contributed by atoms with Crippen molar-refractivity contribution < 1.29 is 14.4 Å². The summed E-state index contributed by atoms with van der Waals surface area (Å²) >= 11 is 3.26. The van der Waals surface area contributed by atoms with Crippen LogP contribution in [0, 0.1) is 0 Å². The third-order valence-corrected chi connectivity index (χ3v) is 2.73. The summed E-state index contributed by atoms with van der Waals surface area (Å²) in [6, 6.07) is 6.54. The number of aromatic carboxylic acids is 1. The molecule has 2 aromatic rings. The number of nitrogens with two attached hydrogens (primary N) is 1. The topological polar surface area (TPSA) is 89.4 Å². The first-order valence-electron chi connectivity index (χ1n) is 4.33. The average Bonchev–Trinajstić information content (AvgIpc) is 2.71. The molecule has 2 rings (SSSR count). The molecule has 0 saturated heterocycles. The van der Waals surface area contributed by atoms with E-state index in [1.165, 1.54) is 6.07 Å². The fourth-order valence-electron chi connectivity index (χ4n) is 1.21. The van der Waals surface area contributed by atoms with E-state index >= 15 is 0 Å². The zero-order valence-electron chi connectivity index (χ0n) is 7.98. The highest BCUT2D eigenvalue weighted by Gasteiger charge is 2.12. The largest absolute Gasteiger partial charge is 0.476 e. The van der Waals surface area contributed by atoms with E-state index < -0.39 is 5.97 Å². The number of nitrogen functional groups attached to an aromatic ring is 1. The first-order valence-corrected chi connectivity index (χ1v) is 5.12. The molecule has 0 radical (unpaired) electrons. The number of halogens is 1. The summed E-state index contributed by atoms with van der Waals surface area (Å²) in [5.74, 6) is -0.753. The van der Waals surface area contributed by atoms with Crippen molar-refractivity contribution in [2.24, 2.45) is 0 Å². The van der Waals surface area contributed by atoms with Gasteiger partial charge in [-0.1, -0.05) is 5.16 Å². The van der Waals surface area contributed by atoms with Crippen molar-refractivity contribution in [3.8, 4) is 11.3 Å². The molecule has 0 amide bonds. The molecule has 0 saturated carbocycles. The Morgan fingerprint density at radius 2 is 2.19 bits per heavy atom. The van der Waals surface area contributed by atoms with Crippen molar-refractivity contribution in [1.29, 1.82) is 0 Å². The highest BCUT2D eigenvalue weighted by molar-refractivity contribution is 9.10. The lowest BCUT2D eigenvalue weighted by molar-refractivity contribution is 0.0686. The van der Waals surface area contributed by atoms with Gasteiger partial charge in [0, 0.05) is 21.8 Å². The van der Waals surface area contributed by atoms with E-state index in [1.807, 2.05) is 0 Å². The summed E-state index contributed by atoms with van der Waals surface area (Å²) in [5, 5.41) is 12.1. The van der Waals surface area contributed by atoms with Gasteiger partial charge in [-0.15, -0.1) is 0 Å². The van der Waals surface area contributed by atoms with Gasteiger partial charge in [0.1, 0.15) is 0 Å². The first-order chi connectivity index (χ1) is 7.58. The van der Waals surface area contributed by atoms with Gasteiger partial charge in [-0.3, -0.25) is 0 Å². The summed E-state index contributed by atoms with van der Waals surface area (Å²) < 4.78 is 5.68. The van der Waals surface area contributed by atoms with Gasteiger partial charge >= 0.3 is 5.97 Å². The summed E-state index contributed by atoms with van der Waals surface area (Å²) in [6.07, 6.45) is 0. The number of carboxylic acid groups (broad SMARTS) is 1. The summed E-state index contributed by atoms with van der Waals surface area (Å²) in [6.45, 7) is 0. The van der Waals surface area contributed by atoms with E-state index in [1.54, 1.807) is 18.2 Å². The Morgan fingerprint density at radius 3 is 2.75 bits per heavy atom. The maximum absolute atomic E-state index is 10.6. The summed E-state index contributed by atoms with van der Waals surface area (Å²) in [5.41, 5.74) is 6.80. The fourth-order valence-corrected chi connectivity index (χ4v) is 1.46. The molecule has 5 nitrogen and oxygen atoms in total. The molecule has 0 aliphatic rings. The number of nitrogens with zero attached hydrogens (tertiary/aromatic N) is 1. The molecule has 6 heteroatoms. The minimum atomic E-state index is -1.12. The van der Waals surface area contributed by atoms with Gasteiger partial charge in [0.2, 0.25) is 0 Å². The Morgan fingerprint density at radius 1 is 1.44 bits per heavy atom. The molecule has 0 unspecified atom stereocenters. The third-order valence-electron chi connectivity index (χ3n) is 2.01. The second-order valence-corrected chi connectivity index (χ2v) is 3.97. The molecule has 0 aliphatic carbocycles. The van der Waals surface area contributed by atoms with Crippen molar-refractivity contribution in [3.05, 3.63) is 34.4 Å². The number of aromatic nitrogens is 1. The first kappa shape index (κ1) is 10.7. The van der Waals surface area contributed by atoms with Gasteiger partial charge in [0.05, 0.1) is 0 Å². The van der Waals surface area contributed by atoms with Crippen LogP contribution in [0.15, 0.2) is 33.3 Å². The molecule has 3 N–H and O–H groups in total. The number of benzene rings is 1. The Hall–Kier alpha value is -1.82. The highest BCUT2D eigenvalue weighted by atomic mass is 79.9. The number of carboxylic acids is 1. The van der Waals surface area contributed by atoms with Crippen molar-refractivity contribution in [3.63, 3.8) is 0 Å². The highest BCUT2D eigenvalue weighted by Crippen LogP contribution is 2.27. The quantitative estimate of drug-likeness (QED) is 0.826. The van der Waals surface area contributed by atoms with Crippen LogP contribution < -0.4 is 5.73 Å². The Balaban J connectivity index is 2.42. The molecular weight excluding hydrogens is 276 g/mol. The second-order valence-electron chi connectivity index (χ2n) is 3.12. The van der Waals surface area contributed by atoms with Gasteiger partial charge in [0.15, 0.2) is 11.5 Å². The zero-order chi connectivity index (χ0) is 11.7. The number of rotatable bonds is 2. The normalized spacial score (nSPS) is 10.3. The molecule has 0 bridgehead atoms. The van der Waals surface area contributed by atoms with E-state index in [0.717, 1.165) is 4.47 Å². The smallest absolute Gasteiger partial charge is 0.358 e. The van der Waals surface area contributed by atoms with Gasteiger partial charge in [0.25, 0.3) is 0 Å². The average molecular weight is 283 g/mol. The van der Waals surface area contributed by atoms with Gasteiger partial charge in [-0.2, -0.15) is 0 Å². The molecule has 16 heavy (non-hydrogen) atoms. The van der Waals surface area contributed by atoms with E-state index in [-0.39, 0.29) is 5.69 Å². The minimum absolute atomic E-state index is 0.128.